The number of alkyl halides is 3. The minimum atomic E-state index is -4.49. The molecule has 3 aromatic heterocycles. The van der Waals surface area contributed by atoms with Crippen molar-refractivity contribution in [2.45, 2.75) is 53.0 Å². The van der Waals surface area contributed by atoms with Crippen LogP contribution in [0.25, 0.3) is 22.6 Å². The fraction of sp³-hybridized carbons (Fsp3) is 0.500. The van der Waals surface area contributed by atoms with Crippen LogP contribution in [0.1, 0.15) is 27.2 Å². The van der Waals surface area contributed by atoms with Crippen LogP contribution in [0, 0.1) is 0 Å². The van der Waals surface area contributed by atoms with Crippen LogP contribution in [0.5, 0.6) is 0 Å². The van der Waals surface area contributed by atoms with Crippen LogP contribution in [-0.2, 0) is 19.6 Å². The van der Waals surface area contributed by atoms with E-state index in [4.69, 9.17) is 0 Å². The topological polar surface area (TPSA) is 109 Å². The van der Waals surface area contributed by atoms with Crippen LogP contribution < -0.4 is 16.6 Å². The van der Waals surface area contributed by atoms with Gasteiger partial charge < -0.3 is 5.32 Å². The highest BCUT2D eigenvalue weighted by Crippen LogP contribution is 2.24. The average Bonchev–Trinajstić information content (AvgIpc) is 3.29. The minimum absolute atomic E-state index is 0.0188. The molecule has 0 aliphatic heterocycles. The van der Waals surface area contributed by atoms with E-state index in [-0.39, 0.29) is 42.2 Å². The summed E-state index contributed by atoms with van der Waals surface area (Å²) in [5.41, 5.74) is -1.31. The SMILES string of the molecule is CCCn1c(=O)c2c(nc(-c3cnn(CC(F)(F)F)c3)n2C(=O)NCC)n(CC)c1=O. The average molecular weight is 441 g/mol. The van der Waals surface area contributed by atoms with Gasteiger partial charge in [-0.2, -0.15) is 18.3 Å². The summed E-state index contributed by atoms with van der Waals surface area (Å²) < 4.78 is 42.1. The molecule has 1 amide bonds. The Bertz CT molecular complexity index is 1230. The number of aryl methyl sites for hydroxylation is 1. The van der Waals surface area contributed by atoms with E-state index >= 15 is 0 Å². The highest BCUT2D eigenvalue weighted by molar-refractivity contribution is 5.92. The molecular weight excluding hydrogens is 419 g/mol. The van der Waals surface area contributed by atoms with E-state index in [1.165, 1.54) is 4.57 Å². The number of halogens is 3. The van der Waals surface area contributed by atoms with Gasteiger partial charge in [0.2, 0.25) is 0 Å². The van der Waals surface area contributed by atoms with Crippen LogP contribution in [0.3, 0.4) is 0 Å². The second kappa shape index (κ2) is 8.40. The molecule has 3 aromatic rings. The molecule has 0 aliphatic rings. The lowest BCUT2D eigenvalue weighted by molar-refractivity contribution is -0.142. The second-order valence-corrected chi connectivity index (χ2v) is 6.80. The number of rotatable bonds is 6. The summed E-state index contributed by atoms with van der Waals surface area (Å²) in [4.78, 5) is 43.0. The lowest BCUT2D eigenvalue weighted by Gasteiger charge is -2.10. The third-order valence-corrected chi connectivity index (χ3v) is 4.55. The molecule has 0 radical (unpaired) electrons. The number of fused-ring (bicyclic) bond motifs is 1. The smallest absolute Gasteiger partial charge is 0.338 e. The Morgan fingerprint density at radius 2 is 1.87 bits per heavy atom. The van der Waals surface area contributed by atoms with Gasteiger partial charge in [-0.1, -0.05) is 6.92 Å². The Kier molecular flexibility index (Phi) is 6.04. The maximum Gasteiger partial charge on any atom is 0.408 e. The molecule has 0 spiro atoms. The van der Waals surface area contributed by atoms with Gasteiger partial charge in [0.1, 0.15) is 6.54 Å². The number of amides is 1. The van der Waals surface area contributed by atoms with Crippen molar-refractivity contribution < 1.29 is 18.0 Å². The van der Waals surface area contributed by atoms with Crippen LogP contribution in [-0.4, -0.2) is 47.2 Å². The number of hydrogen-bond acceptors (Lipinski definition) is 5. The van der Waals surface area contributed by atoms with Crippen molar-refractivity contribution in [3.8, 4) is 11.4 Å². The third-order valence-electron chi connectivity index (χ3n) is 4.55. The van der Waals surface area contributed by atoms with E-state index in [0.29, 0.717) is 11.1 Å². The van der Waals surface area contributed by atoms with Gasteiger partial charge in [-0.25, -0.2) is 19.1 Å². The summed E-state index contributed by atoms with van der Waals surface area (Å²) in [6, 6.07) is -0.690. The molecule has 0 atom stereocenters. The summed E-state index contributed by atoms with van der Waals surface area (Å²) in [7, 11) is 0. The number of aromatic nitrogens is 6. The molecule has 3 rings (SSSR count). The molecule has 0 unspecified atom stereocenters. The van der Waals surface area contributed by atoms with Gasteiger partial charge in [0.25, 0.3) is 5.56 Å². The summed E-state index contributed by atoms with van der Waals surface area (Å²) in [6.45, 7) is 4.40. The zero-order valence-corrected chi connectivity index (χ0v) is 17.2. The van der Waals surface area contributed by atoms with Crippen LogP contribution in [0.4, 0.5) is 18.0 Å². The summed E-state index contributed by atoms with van der Waals surface area (Å²) in [5, 5.41) is 6.25. The Morgan fingerprint density at radius 3 is 2.45 bits per heavy atom. The van der Waals surface area contributed by atoms with Crippen molar-refractivity contribution in [1.82, 2.24) is 33.8 Å². The van der Waals surface area contributed by atoms with E-state index in [1.54, 1.807) is 20.8 Å². The molecule has 0 saturated heterocycles. The van der Waals surface area contributed by atoms with E-state index in [2.05, 4.69) is 15.4 Å². The van der Waals surface area contributed by atoms with Gasteiger partial charge in [-0.15, -0.1) is 0 Å². The molecule has 0 aliphatic carbocycles. The zero-order chi connectivity index (χ0) is 22.9. The normalized spacial score (nSPS) is 11.9. The molecule has 10 nitrogen and oxygen atoms in total. The first-order valence-electron chi connectivity index (χ1n) is 9.76. The van der Waals surface area contributed by atoms with Gasteiger partial charge in [0.15, 0.2) is 17.0 Å². The maximum absolute atomic E-state index is 13.1. The Balaban J connectivity index is 2.35. The number of carbonyl (C=O) groups excluding carboxylic acids is 1. The van der Waals surface area contributed by atoms with Crippen LogP contribution in [0.15, 0.2) is 22.0 Å². The van der Waals surface area contributed by atoms with Crippen molar-refractivity contribution >= 4 is 17.2 Å². The molecular formula is C18H22F3N7O3. The zero-order valence-electron chi connectivity index (χ0n) is 17.2. The lowest BCUT2D eigenvalue weighted by Crippen LogP contribution is -2.41. The molecule has 0 bridgehead atoms. The highest BCUT2D eigenvalue weighted by atomic mass is 19.4. The molecule has 0 aromatic carbocycles. The first kappa shape index (κ1) is 22.3. The molecule has 3 heterocycles. The highest BCUT2D eigenvalue weighted by Gasteiger charge is 2.30. The molecule has 0 fully saturated rings. The fourth-order valence-electron chi connectivity index (χ4n) is 3.32. The number of nitrogens with zero attached hydrogens (tertiary/aromatic N) is 6. The van der Waals surface area contributed by atoms with Crippen molar-refractivity contribution in [3.63, 3.8) is 0 Å². The summed E-state index contributed by atoms with van der Waals surface area (Å²) >= 11 is 0. The lowest BCUT2D eigenvalue weighted by atomic mass is 10.3. The Morgan fingerprint density at radius 1 is 1.16 bits per heavy atom. The van der Waals surface area contributed by atoms with Gasteiger partial charge in [0, 0.05) is 25.8 Å². The number of hydrogen-bond donors (Lipinski definition) is 1. The van der Waals surface area contributed by atoms with Crippen molar-refractivity contribution in [2.75, 3.05) is 6.54 Å². The van der Waals surface area contributed by atoms with Gasteiger partial charge in [-0.3, -0.25) is 18.6 Å². The predicted molar refractivity (Wildman–Crippen MR) is 106 cm³/mol. The Labute approximate surface area is 173 Å². The van der Waals surface area contributed by atoms with Gasteiger partial charge >= 0.3 is 17.9 Å². The van der Waals surface area contributed by atoms with Gasteiger partial charge in [0.05, 0.1) is 11.8 Å². The standard InChI is InChI=1S/C18H22F3N7O3/c1-4-7-27-15(29)12-14(26(6-3)17(27)31)24-13(28(12)16(30)22-5-2)11-8-23-25(9-11)10-18(19,20)21/h8-9H,4-7,10H2,1-3H3,(H,22,30). The summed E-state index contributed by atoms with van der Waals surface area (Å²) in [5.74, 6) is -0.0812. The predicted octanol–water partition coefficient (Wildman–Crippen LogP) is 1.79. The minimum Gasteiger partial charge on any atom is -0.338 e. The summed E-state index contributed by atoms with van der Waals surface area (Å²) in [6.07, 6.45) is -1.76. The quantitative estimate of drug-likeness (QED) is 0.628. The molecule has 31 heavy (non-hydrogen) atoms. The molecule has 0 saturated carbocycles. The van der Waals surface area contributed by atoms with E-state index in [9.17, 15) is 27.6 Å². The monoisotopic (exact) mass is 441 g/mol. The van der Waals surface area contributed by atoms with Crippen LogP contribution in [0.2, 0.25) is 0 Å². The third kappa shape index (κ3) is 4.11. The molecule has 168 valence electrons. The first-order chi connectivity index (χ1) is 14.6. The van der Waals surface area contributed by atoms with E-state index < -0.39 is 30.0 Å². The van der Waals surface area contributed by atoms with Gasteiger partial charge in [-0.05, 0) is 20.3 Å². The van der Waals surface area contributed by atoms with Crippen molar-refractivity contribution in [2.24, 2.45) is 0 Å². The maximum atomic E-state index is 13.1. The van der Waals surface area contributed by atoms with Crippen LogP contribution >= 0.6 is 0 Å². The Hall–Kier alpha value is -3.38. The second-order valence-electron chi connectivity index (χ2n) is 6.80. The molecule has 1 N–H and O–H groups in total. The van der Waals surface area contributed by atoms with E-state index in [0.717, 1.165) is 21.5 Å². The van der Waals surface area contributed by atoms with E-state index in [1.807, 2.05) is 0 Å². The molecule has 13 heteroatoms. The first-order valence-corrected chi connectivity index (χ1v) is 9.76. The number of carbonyl (C=O) groups is 1. The van der Waals surface area contributed by atoms with Crippen molar-refractivity contribution in [3.05, 3.63) is 33.2 Å². The largest absolute Gasteiger partial charge is 0.408 e. The number of nitrogens with one attached hydrogen (secondary N) is 1. The fourth-order valence-corrected chi connectivity index (χ4v) is 3.32. The number of imidazole rings is 1. The van der Waals surface area contributed by atoms with Crippen molar-refractivity contribution in [1.29, 1.82) is 0 Å².